The molecule has 0 spiro atoms. The van der Waals surface area contributed by atoms with Gasteiger partial charge in [0.15, 0.2) is 0 Å². The Hall–Kier alpha value is -0.680. The first kappa shape index (κ1) is 12.8. The zero-order valence-corrected chi connectivity index (χ0v) is 12.6. The van der Waals surface area contributed by atoms with Crippen LogP contribution in [-0.4, -0.2) is 0 Å². The molecule has 0 unspecified atom stereocenters. The Balaban J connectivity index is 2.04. The molecule has 0 heterocycles. The summed E-state index contributed by atoms with van der Waals surface area (Å²) in [6.45, 7) is 2.06. The average molecular weight is 355 g/mol. The summed E-state index contributed by atoms with van der Waals surface area (Å²) >= 11 is 4.11. The topological polar surface area (TPSA) is 26.0 Å². The predicted octanol–water partition coefficient (Wildman–Crippen LogP) is 4.47. The van der Waals surface area contributed by atoms with Crippen LogP contribution < -0.4 is 5.73 Å². The number of nitrogen functional groups attached to an aromatic ring is 1. The van der Waals surface area contributed by atoms with Gasteiger partial charge in [0.25, 0.3) is 0 Å². The van der Waals surface area contributed by atoms with E-state index in [2.05, 4.69) is 65.9 Å². The van der Waals surface area contributed by atoms with Crippen molar-refractivity contribution in [2.24, 2.45) is 0 Å². The monoisotopic (exact) mass is 355 g/mol. The van der Waals surface area contributed by atoms with Gasteiger partial charge in [-0.25, -0.2) is 0 Å². The molecule has 0 aliphatic rings. The molecule has 0 saturated heterocycles. The second-order valence-corrected chi connectivity index (χ2v) is 6.22. The first-order valence-electron chi connectivity index (χ1n) is 5.38. The highest BCUT2D eigenvalue weighted by atomic mass is 127. The minimum absolute atomic E-state index is 0.875. The number of hydrogen-bond acceptors (Lipinski definition) is 2. The maximum atomic E-state index is 5.99. The number of halogens is 1. The van der Waals surface area contributed by atoms with Crippen molar-refractivity contribution in [1.82, 2.24) is 0 Å². The van der Waals surface area contributed by atoms with Crippen LogP contribution in [0.2, 0.25) is 0 Å². The fourth-order valence-corrected chi connectivity index (χ4v) is 2.81. The van der Waals surface area contributed by atoms with Crippen molar-refractivity contribution in [2.75, 3.05) is 5.73 Å². The number of rotatable bonds is 3. The Morgan fingerprint density at radius 2 is 1.82 bits per heavy atom. The lowest BCUT2D eigenvalue weighted by Crippen LogP contribution is -1.90. The highest BCUT2D eigenvalue weighted by Gasteiger charge is 2.01. The minimum Gasteiger partial charge on any atom is -0.398 e. The van der Waals surface area contributed by atoms with Crippen LogP contribution in [0.4, 0.5) is 5.69 Å². The molecule has 17 heavy (non-hydrogen) atoms. The summed E-state index contributed by atoms with van der Waals surface area (Å²) in [7, 11) is 0. The van der Waals surface area contributed by atoms with Gasteiger partial charge in [-0.3, -0.25) is 0 Å². The molecule has 2 rings (SSSR count). The van der Waals surface area contributed by atoms with E-state index in [1.165, 1.54) is 14.7 Å². The summed E-state index contributed by atoms with van der Waals surface area (Å²) in [4.78, 5) is 1.16. The lowest BCUT2D eigenvalue weighted by atomic mass is 10.2. The summed E-state index contributed by atoms with van der Waals surface area (Å²) in [6, 6.07) is 14.8. The largest absolute Gasteiger partial charge is 0.398 e. The average Bonchev–Trinajstić information content (AvgIpc) is 2.30. The molecular weight excluding hydrogens is 341 g/mol. The fourth-order valence-electron chi connectivity index (χ4n) is 1.54. The number of benzene rings is 2. The third kappa shape index (κ3) is 3.64. The van der Waals surface area contributed by atoms with Crippen molar-refractivity contribution in [2.45, 2.75) is 17.6 Å². The first-order valence-corrected chi connectivity index (χ1v) is 7.45. The molecule has 0 aliphatic heterocycles. The molecule has 0 bridgehead atoms. The molecule has 0 atom stereocenters. The maximum absolute atomic E-state index is 5.99. The first-order chi connectivity index (χ1) is 8.15. The molecule has 2 aromatic carbocycles. The molecule has 0 amide bonds. The van der Waals surface area contributed by atoms with Crippen molar-refractivity contribution in [3.63, 3.8) is 0 Å². The van der Waals surface area contributed by atoms with E-state index < -0.39 is 0 Å². The van der Waals surface area contributed by atoms with E-state index in [9.17, 15) is 0 Å². The lowest BCUT2D eigenvalue weighted by Gasteiger charge is -2.06. The van der Waals surface area contributed by atoms with Crippen LogP contribution in [0.5, 0.6) is 0 Å². The van der Waals surface area contributed by atoms with Gasteiger partial charge < -0.3 is 5.73 Å². The Bertz CT molecular complexity index is 508. The second-order valence-electron chi connectivity index (χ2n) is 3.96. The van der Waals surface area contributed by atoms with E-state index in [1.54, 1.807) is 11.8 Å². The molecular formula is C14H14INS. The van der Waals surface area contributed by atoms with Crippen molar-refractivity contribution in [1.29, 1.82) is 0 Å². The highest BCUT2D eigenvalue weighted by Crippen LogP contribution is 2.28. The number of aryl methyl sites for hydroxylation is 1. The number of hydrogen-bond donors (Lipinski definition) is 1. The summed E-state index contributed by atoms with van der Waals surface area (Å²) in [6.07, 6.45) is 0. The maximum Gasteiger partial charge on any atom is 0.0454 e. The standard InChI is InChI=1S/C14H14INS/c1-10-2-7-14(13(16)8-10)17-9-11-3-5-12(15)6-4-11/h2-8H,9,16H2,1H3. The Labute approximate surface area is 120 Å². The van der Waals surface area contributed by atoms with Gasteiger partial charge >= 0.3 is 0 Å². The highest BCUT2D eigenvalue weighted by molar-refractivity contribution is 14.1. The van der Waals surface area contributed by atoms with Crippen LogP contribution >= 0.6 is 34.4 Å². The van der Waals surface area contributed by atoms with E-state index >= 15 is 0 Å². The summed E-state index contributed by atoms with van der Waals surface area (Å²) < 4.78 is 1.27. The van der Waals surface area contributed by atoms with Gasteiger partial charge in [0.05, 0.1) is 0 Å². The van der Waals surface area contributed by atoms with Gasteiger partial charge in [-0.1, -0.05) is 18.2 Å². The van der Waals surface area contributed by atoms with E-state index in [4.69, 9.17) is 5.73 Å². The third-order valence-electron chi connectivity index (χ3n) is 2.47. The van der Waals surface area contributed by atoms with Gasteiger partial charge in [0, 0.05) is 19.9 Å². The van der Waals surface area contributed by atoms with Gasteiger partial charge in [0.2, 0.25) is 0 Å². The predicted molar refractivity (Wildman–Crippen MR) is 84.3 cm³/mol. The van der Waals surface area contributed by atoms with Gasteiger partial charge in [-0.15, -0.1) is 11.8 Å². The molecule has 0 aromatic heterocycles. The van der Waals surface area contributed by atoms with Gasteiger partial charge in [-0.05, 0) is 64.9 Å². The molecule has 1 nitrogen and oxygen atoms in total. The normalized spacial score (nSPS) is 10.5. The molecule has 2 N–H and O–H groups in total. The number of anilines is 1. The summed E-state index contributed by atoms with van der Waals surface area (Å²) in [5.74, 6) is 0.962. The Kier molecular flexibility index (Phi) is 4.34. The lowest BCUT2D eigenvalue weighted by molar-refractivity contribution is 1.35. The Morgan fingerprint density at radius 3 is 2.47 bits per heavy atom. The van der Waals surface area contributed by atoms with E-state index in [-0.39, 0.29) is 0 Å². The summed E-state index contributed by atoms with van der Waals surface area (Å²) in [5, 5.41) is 0. The Morgan fingerprint density at radius 1 is 1.12 bits per heavy atom. The summed E-state index contributed by atoms with van der Waals surface area (Å²) in [5.41, 5.74) is 9.40. The molecule has 0 radical (unpaired) electrons. The fraction of sp³-hybridized carbons (Fsp3) is 0.143. The molecule has 0 saturated carbocycles. The smallest absolute Gasteiger partial charge is 0.0454 e. The van der Waals surface area contributed by atoms with Gasteiger partial charge in [-0.2, -0.15) is 0 Å². The molecule has 2 aromatic rings. The zero-order chi connectivity index (χ0) is 12.3. The van der Waals surface area contributed by atoms with E-state index in [0.29, 0.717) is 0 Å². The van der Waals surface area contributed by atoms with Gasteiger partial charge in [0.1, 0.15) is 0 Å². The van der Waals surface area contributed by atoms with Crippen molar-refractivity contribution < 1.29 is 0 Å². The van der Waals surface area contributed by atoms with E-state index in [0.717, 1.165) is 16.3 Å². The third-order valence-corrected chi connectivity index (χ3v) is 4.35. The second kappa shape index (κ2) is 5.78. The quantitative estimate of drug-likeness (QED) is 0.499. The van der Waals surface area contributed by atoms with Crippen LogP contribution in [0.3, 0.4) is 0 Å². The van der Waals surface area contributed by atoms with Crippen LogP contribution in [0.15, 0.2) is 47.4 Å². The van der Waals surface area contributed by atoms with Crippen molar-refractivity contribution >= 4 is 40.0 Å². The molecule has 0 fully saturated rings. The van der Waals surface area contributed by atoms with Crippen LogP contribution in [-0.2, 0) is 5.75 Å². The zero-order valence-electron chi connectivity index (χ0n) is 9.61. The minimum atomic E-state index is 0.875. The number of nitrogens with two attached hydrogens (primary N) is 1. The number of thioether (sulfide) groups is 1. The van der Waals surface area contributed by atoms with Crippen molar-refractivity contribution in [3.05, 3.63) is 57.2 Å². The SMILES string of the molecule is Cc1ccc(SCc2ccc(I)cc2)c(N)c1. The van der Waals surface area contributed by atoms with Crippen LogP contribution in [0, 0.1) is 10.5 Å². The van der Waals surface area contributed by atoms with Crippen LogP contribution in [0.25, 0.3) is 0 Å². The molecule has 88 valence electrons. The van der Waals surface area contributed by atoms with E-state index in [1.807, 2.05) is 6.07 Å². The van der Waals surface area contributed by atoms with Crippen LogP contribution in [0.1, 0.15) is 11.1 Å². The molecule has 0 aliphatic carbocycles. The van der Waals surface area contributed by atoms with Crippen molar-refractivity contribution in [3.8, 4) is 0 Å². The molecule has 3 heteroatoms.